The van der Waals surface area contributed by atoms with Gasteiger partial charge in [-0.1, -0.05) is 0 Å². The van der Waals surface area contributed by atoms with Crippen molar-refractivity contribution in [2.24, 2.45) is 5.73 Å². The zero-order valence-electron chi connectivity index (χ0n) is 7.51. The summed E-state index contributed by atoms with van der Waals surface area (Å²) in [6.07, 6.45) is 0. The van der Waals surface area contributed by atoms with E-state index in [9.17, 15) is 4.39 Å². The van der Waals surface area contributed by atoms with Crippen molar-refractivity contribution in [2.75, 3.05) is 6.79 Å². The maximum absolute atomic E-state index is 13.5. The maximum atomic E-state index is 13.5. The highest BCUT2D eigenvalue weighted by Gasteiger charge is 2.24. The van der Waals surface area contributed by atoms with Crippen LogP contribution >= 0.6 is 15.9 Å². The highest BCUT2D eigenvalue weighted by molar-refractivity contribution is 9.10. The van der Waals surface area contributed by atoms with Crippen molar-refractivity contribution in [2.45, 2.75) is 13.0 Å². The van der Waals surface area contributed by atoms with Crippen LogP contribution in [0.3, 0.4) is 0 Å². The summed E-state index contributed by atoms with van der Waals surface area (Å²) in [6.45, 7) is 1.83. The second-order valence-corrected chi connectivity index (χ2v) is 3.90. The topological polar surface area (TPSA) is 44.5 Å². The summed E-state index contributed by atoms with van der Waals surface area (Å²) in [7, 11) is 0. The van der Waals surface area contributed by atoms with Crippen LogP contribution in [0.25, 0.3) is 0 Å². The Morgan fingerprint density at radius 3 is 2.93 bits per heavy atom. The third-order valence-electron chi connectivity index (χ3n) is 2.05. The lowest BCUT2D eigenvalue weighted by Gasteiger charge is -2.11. The van der Waals surface area contributed by atoms with Crippen molar-refractivity contribution < 1.29 is 13.9 Å². The van der Waals surface area contributed by atoms with Crippen molar-refractivity contribution in [3.05, 3.63) is 21.9 Å². The average Bonchev–Trinajstić information content (AvgIpc) is 2.50. The SMILES string of the molecule is CC(N)c1c(F)cc2c(c1Br)OCO2. The number of hydrogen-bond donors (Lipinski definition) is 1. The van der Waals surface area contributed by atoms with E-state index in [-0.39, 0.29) is 18.7 Å². The first-order valence-corrected chi connectivity index (χ1v) is 4.93. The molecule has 0 spiro atoms. The van der Waals surface area contributed by atoms with Crippen molar-refractivity contribution in [1.29, 1.82) is 0 Å². The zero-order chi connectivity index (χ0) is 10.3. The van der Waals surface area contributed by atoms with Crippen LogP contribution in [0, 0.1) is 5.82 Å². The number of ether oxygens (including phenoxy) is 2. The van der Waals surface area contributed by atoms with Crippen molar-refractivity contribution in [3.8, 4) is 11.5 Å². The van der Waals surface area contributed by atoms with Gasteiger partial charge >= 0.3 is 0 Å². The average molecular weight is 262 g/mol. The summed E-state index contributed by atoms with van der Waals surface area (Å²) >= 11 is 3.26. The molecule has 76 valence electrons. The number of halogens is 2. The molecular weight excluding hydrogens is 253 g/mol. The predicted octanol–water partition coefficient (Wildman–Crippen LogP) is 2.34. The predicted molar refractivity (Wildman–Crippen MR) is 52.8 cm³/mol. The number of rotatable bonds is 1. The van der Waals surface area contributed by atoms with Crippen molar-refractivity contribution in [1.82, 2.24) is 0 Å². The molecule has 1 aliphatic rings. The number of hydrogen-bond acceptors (Lipinski definition) is 3. The molecule has 0 saturated heterocycles. The summed E-state index contributed by atoms with van der Waals surface area (Å²) in [4.78, 5) is 0. The molecule has 1 atom stereocenters. The van der Waals surface area contributed by atoms with Crippen LogP contribution in [-0.2, 0) is 0 Å². The Kier molecular flexibility index (Phi) is 2.36. The van der Waals surface area contributed by atoms with Gasteiger partial charge in [-0.3, -0.25) is 0 Å². The van der Waals surface area contributed by atoms with Crippen molar-refractivity contribution in [3.63, 3.8) is 0 Å². The zero-order valence-corrected chi connectivity index (χ0v) is 9.10. The van der Waals surface area contributed by atoms with E-state index in [1.54, 1.807) is 6.92 Å². The molecule has 0 fully saturated rings. The molecule has 0 amide bonds. The molecule has 5 heteroatoms. The third kappa shape index (κ3) is 1.36. The van der Waals surface area contributed by atoms with Gasteiger partial charge in [-0.05, 0) is 22.9 Å². The molecule has 0 aromatic heterocycles. The molecule has 1 heterocycles. The molecule has 1 aromatic carbocycles. The molecule has 0 aliphatic carbocycles. The molecule has 14 heavy (non-hydrogen) atoms. The number of benzene rings is 1. The summed E-state index contributed by atoms with van der Waals surface area (Å²) < 4.78 is 24.3. The van der Waals surface area contributed by atoms with Crippen LogP contribution in [0.1, 0.15) is 18.5 Å². The monoisotopic (exact) mass is 261 g/mol. The van der Waals surface area contributed by atoms with E-state index in [2.05, 4.69) is 15.9 Å². The molecule has 1 aliphatic heterocycles. The molecule has 2 N–H and O–H groups in total. The molecule has 0 saturated carbocycles. The van der Waals surface area contributed by atoms with E-state index in [0.29, 0.717) is 21.5 Å². The minimum atomic E-state index is -0.390. The first-order valence-electron chi connectivity index (χ1n) is 4.14. The van der Waals surface area contributed by atoms with Gasteiger partial charge in [0, 0.05) is 17.7 Å². The number of fused-ring (bicyclic) bond motifs is 1. The first kappa shape index (κ1) is 9.73. The molecule has 0 bridgehead atoms. The maximum Gasteiger partial charge on any atom is 0.231 e. The quantitative estimate of drug-likeness (QED) is 0.844. The van der Waals surface area contributed by atoms with Crippen LogP contribution < -0.4 is 15.2 Å². The molecule has 2 rings (SSSR count). The fourth-order valence-corrected chi connectivity index (χ4v) is 2.27. The van der Waals surface area contributed by atoms with E-state index in [1.165, 1.54) is 6.07 Å². The lowest BCUT2D eigenvalue weighted by molar-refractivity contribution is 0.173. The molecule has 3 nitrogen and oxygen atoms in total. The molecule has 1 aromatic rings. The Morgan fingerprint density at radius 2 is 2.29 bits per heavy atom. The van der Waals surface area contributed by atoms with Gasteiger partial charge in [0.2, 0.25) is 6.79 Å². The fourth-order valence-electron chi connectivity index (χ4n) is 1.40. The second-order valence-electron chi connectivity index (χ2n) is 3.11. The van der Waals surface area contributed by atoms with Gasteiger partial charge in [-0.15, -0.1) is 0 Å². The van der Waals surface area contributed by atoms with E-state index in [0.717, 1.165) is 0 Å². The van der Waals surface area contributed by atoms with Crippen LogP contribution in [0.5, 0.6) is 11.5 Å². The highest BCUT2D eigenvalue weighted by Crippen LogP contribution is 2.43. The minimum absolute atomic E-state index is 0.121. The summed E-state index contributed by atoms with van der Waals surface area (Å²) in [5, 5.41) is 0. The normalized spacial score (nSPS) is 15.7. The smallest absolute Gasteiger partial charge is 0.231 e. The summed E-state index contributed by atoms with van der Waals surface area (Å²) in [5.74, 6) is 0.564. The van der Waals surface area contributed by atoms with E-state index in [1.807, 2.05) is 0 Å². The van der Waals surface area contributed by atoms with Crippen LogP contribution in [0.4, 0.5) is 4.39 Å². The van der Waals surface area contributed by atoms with Gasteiger partial charge < -0.3 is 15.2 Å². The Balaban J connectivity index is 2.62. The number of nitrogens with two attached hydrogens (primary N) is 1. The third-order valence-corrected chi connectivity index (χ3v) is 2.84. The van der Waals surface area contributed by atoms with Gasteiger partial charge in [-0.25, -0.2) is 4.39 Å². The van der Waals surface area contributed by atoms with Gasteiger partial charge in [0.1, 0.15) is 5.82 Å². The Labute approximate surface area is 89.1 Å². The van der Waals surface area contributed by atoms with Gasteiger partial charge in [0.05, 0.1) is 4.47 Å². The summed E-state index contributed by atoms with van der Waals surface area (Å²) in [5.41, 5.74) is 6.05. The molecule has 0 radical (unpaired) electrons. The van der Waals surface area contributed by atoms with E-state index in [4.69, 9.17) is 15.2 Å². The largest absolute Gasteiger partial charge is 0.453 e. The highest BCUT2D eigenvalue weighted by atomic mass is 79.9. The van der Waals surface area contributed by atoms with Gasteiger partial charge in [-0.2, -0.15) is 0 Å². The van der Waals surface area contributed by atoms with Gasteiger partial charge in [0.25, 0.3) is 0 Å². The Morgan fingerprint density at radius 1 is 1.57 bits per heavy atom. The lowest BCUT2D eigenvalue weighted by atomic mass is 10.1. The van der Waals surface area contributed by atoms with E-state index >= 15 is 0 Å². The van der Waals surface area contributed by atoms with Crippen LogP contribution in [-0.4, -0.2) is 6.79 Å². The Hall–Kier alpha value is -0.810. The second kappa shape index (κ2) is 3.40. The van der Waals surface area contributed by atoms with Crippen molar-refractivity contribution >= 4 is 15.9 Å². The fraction of sp³-hybridized carbons (Fsp3) is 0.333. The Bertz CT molecular complexity index is 382. The molecular formula is C9H9BrFNO2. The van der Waals surface area contributed by atoms with Crippen LogP contribution in [0.15, 0.2) is 10.5 Å². The standard InChI is InChI=1S/C9H9BrFNO2/c1-4(12)7-5(11)2-6-9(8(7)10)14-3-13-6/h2,4H,3,12H2,1H3. The van der Waals surface area contributed by atoms with E-state index < -0.39 is 0 Å². The lowest BCUT2D eigenvalue weighted by Crippen LogP contribution is -2.08. The molecule has 1 unspecified atom stereocenters. The summed E-state index contributed by atoms with van der Waals surface area (Å²) in [6, 6.07) is 0.907. The van der Waals surface area contributed by atoms with Crippen LogP contribution in [0.2, 0.25) is 0 Å². The minimum Gasteiger partial charge on any atom is -0.453 e. The van der Waals surface area contributed by atoms with Gasteiger partial charge in [0.15, 0.2) is 11.5 Å². The first-order chi connectivity index (χ1) is 6.61.